The molecule has 10 aromatic carbocycles. The Morgan fingerprint density at radius 1 is 0.277 bits per heavy atom. The first-order valence-electron chi connectivity index (χ1n) is 16.2. The molecule has 0 bridgehead atoms. The Morgan fingerprint density at radius 2 is 0.915 bits per heavy atom. The molecule has 0 unspecified atom stereocenters. The zero-order valence-electron chi connectivity index (χ0n) is 25.4. The largest absolute Gasteiger partial charge is 0.456 e. The molecule has 0 aliphatic heterocycles. The minimum Gasteiger partial charge on any atom is -0.456 e. The van der Waals surface area contributed by atoms with Gasteiger partial charge in [0.25, 0.3) is 0 Å². The summed E-state index contributed by atoms with van der Waals surface area (Å²) in [7, 11) is 0. The van der Waals surface area contributed by atoms with Gasteiger partial charge < -0.3 is 4.42 Å². The van der Waals surface area contributed by atoms with E-state index in [1.807, 2.05) is 0 Å². The van der Waals surface area contributed by atoms with Crippen molar-refractivity contribution < 1.29 is 4.42 Å². The Kier molecular flexibility index (Phi) is 4.90. The normalized spacial score (nSPS) is 12.3. The number of fused-ring (bicyclic) bond motifs is 7. The average Bonchev–Trinajstić information content (AvgIpc) is 3.49. The van der Waals surface area contributed by atoms with Gasteiger partial charge in [0.15, 0.2) is 0 Å². The first-order chi connectivity index (χ1) is 23.3. The van der Waals surface area contributed by atoms with Crippen molar-refractivity contribution in [2.24, 2.45) is 0 Å². The molecule has 11 rings (SSSR count). The van der Waals surface area contributed by atoms with Gasteiger partial charge in [-0.05, 0) is 117 Å². The Balaban J connectivity index is 1.26. The van der Waals surface area contributed by atoms with E-state index in [4.69, 9.17) is 4.42 Å². The van der Waals surface area contributed by atoms with Crippen LogP contribution in [-0.4, -0.2) is 0 Å². The lowest BCUT2D eigenvalue weighted by Gasteiger charge is -2.15. The van der Waals surface area contributed by atoms with Crippen LogP contribution in [0.15, 0.2) is 162 Å². The van der Waals surface area contributed by atoms with Crippen molar-refractivity contribution in [3.8, 4) is 22.3 Å². The lowest BCUT2D eigenvalue weighted by Crippen LogP contribution is -1.89. The monoisotopic (exact) mass is 594 g/mol. The van der Waals surface area contributed by atoms with Crippen LogP contribution < -0.4 is 0 Å². The Morgan fingerprint density at radius 3 is 1.77 bits per heavy atom. The summed E-state index contributed by atoms with van der Waals surface area (Å²) in [6, 6.07) is 58.0. The fourth-order valence-corrected chi connectivity index (χ4v) is 8.13. The topological polar surface area (TPSA) is 13.1 Å². The molecule has 0 aliphatic carbocycles. The highest BCUT2D eigenvalue weighted by molar-refractivity contribution is 6.26. The van der Waals surface area contributed by atoms with E-state index in [2.05, 4.69) is 158 Å². The van der Waals surface area contributed by atoms with Gasteiger partial charge in [-0.3, -0.25) is 0 Å². The average molecular weight is 595 g/mol. The molecule has 0 N–H and O–H groups in total. The minimum atomic E-state index is 0.909. The molecule has 0 saturated carbocycles. The van der Waals surface area contributed by atoms with Crippen molar-refractivity contribution in [1.82, 2.24) is 0 Å². The highest BCUT2D eigenvalue weighted by Crippen LogP contribution is 2.45. The first kappa shape index (κ1) is 25.1. The van der Waals surface area contributed by atoms with E-state index >= 15 is 0 Å². The van der Waals surface area contributed by atoms with Gasteiger partial charge in [0.05, 0.1) is 0 Å². The molecule has 216 valence electrons. The van der Waals surface area contributed by atoms with Gasteiger partial charge in [0.2, 0.25) is 0 Å². The summed E-state index contributed by atoms with van der Waals surface area (Å²) in [5.41, 5.74) is 6.58. The van der Waals surface area contributed by atoms with Crippen molar-refractivity contribution in [1.29, 1.82) is 0 Å². The highest BCUT2D eigenvalue weighted by atomic mass is 16.3. The number of benzene rings is 10. The van der Waals surface area contributed by atoms with Crippen LogP contribution >= 0.6 is 0 Å². The molecule has 0 spiro atoms. The third kappa shape index (κ3) is 3.54. The summed E-state index contributed by atoms with van der Waals surface area (Å²) >= 11 is 0. The lowest BCUT2D eigenvalue weighted by molar-refractivity contribution is 0.669. The number of hydrogen-bond donors (Lipinski definition) is 0. The number of hydrogen-bond acceptors (Lipinski definition) is 1. The van der Waals surface area contributed by atoms with E-state index in [1.54, 1.807) is 0 Å². The van der Waals surface area contributed by atoms with E-state index < -0.39 is 0 Å². The van der Waals surface area contributed by atoms with E-state index in [1.165, 1.54) is 81.3 Å². The maximum atomic E-state index is 6.77. The Bertz CT molecular complexity index is 3050. The standard InChI is InChI=1S/C46H26O/c1-2-8-33-25-42-41(22-32(33)7-1)46-40(34-17-14-28-13-12-27-6-3-4-11-36(27)39(28)23-34)24-35(26-43(46)47-42)37-20-18-31-16-15-29-9-5-10-30-19-21-38(37)45(31)44(29)30/h1-26H. The molecule has 1 heteroatoms. The van der Waals surface area contributed by atoms with Crippen LogP contribution in [0.2, 0.25) is 0 Å². The fraction of sp³-hybridized carbons (Fsp3) is 0. The molecule has 0 amide bonds. The number of furan rings is 1. The molecule has 1 aromatic heterocycles. The molecular weight excluding hydrogens is 569 g/mol. The van der Waals surface area contributed by atoms with Crippen LogP contribution in [0.25, 0.3) is 109 Å². The molecule has 11 aromatic rings. The van der Waals surface area contributed by atoms with E-state index in [0.29, 0.717) is 0 Å². The fourth-order valence-electron chi connectivity index (χ4n) is 8.13. The maximum absolute atomic E-state index is 6.77. The smallest absolute Gasteiger partial charge is 0.136 e. The lowest BCUT2D eigenvalue weighted by atomic mass is 9.88. The highest BCUT2D eigenvalue weighted by Gasteiger charge is 2.19. The van der Waals surface area contributed by atoms with Gasteiger partial charge in [0, 0.05) is 10.8 Å². The Labute approximate surface area is 270 Å². The van der Waals surface area contributed by atoms with Gasteiger partial charge in [-0.2, -0.15) is 0 Å². The molecule has 0 atom stereocenters. The SMILES string of the molecule is c1ccc2cc3c(cc2c1)oc1cc(-c2ccc4ccc5cccc6ccc2c4c56)cc(-c2ccc4ccc5ccccc5c4c2)c13. The summed E-state index contributed by atoms with van der Waals surface area (Å²) in [5.74, 6) is 0. The van der Waals surface area contributed by atoms with Crippen LogP contribution in [0.4, 0.5) is 0 Å². The third-order valence-electron chi connectivity index (χ3n) is 10.3. The quantitative estimate of drug-likeness (QED) is 0.182. The summed E-state index contributed by atoms with van der Waals surface area (Å²) in [6.45, 7) is 0. The second kappa shape index (κ2) is 9.19. The van der Waals surface area contributed by atoms with E-state index in [0.717, 1.165) is 27.5 Å². The van der Waals surface area contributed by atoms with Gasteiger partial charge >= 0.3 is 0 Å². The van der Waals surface area contributed by atoms with Crippen molar-refractivity contribution in [2.75, 3.05) is 0 Å². The molecular formula is C46H26O. The molecule has 1 heterocycles. The third-order valence-corrected chi connectivity index (χ3v) is 10.3. The van der Waals surface area contributed by atoms with Gasteiger partial charge in [-0.1, -0.05) is 127 Å². The van der Waals surface area contributed by atoms with Crippen molar-refractivity contribution in [2.45, 2.75) is 0 Å². The van der Waals surface area contributed by atoms with Crippen molar-refractivity contribution in [3.05, 3.63) is 158 Å². The van der Waals surface area contributed by atoms with Crippen molar-refractivity contribution in [3.63, 3.8) is 0 Å². The van der Waals surface area contributed by atoms with Crippen LogP contribution in [0, 0.1) is 0 Å². The zero-order valence-corrected chi connectivity index (χ0v) is 25.4. The molecule has 0 radical (unpaired) electrons. The first-order valence-corrected chi connectivity index (χ1v) is 16.2. The van der Waals surface area contributed by atoms with Crippen molar-refractivity contribution >= 4 is 86.6 Å². The maximum Gasteiger partial charge on any atom is 0.136 e. The second-order valence-corrected chi connectivity index (χ2v) is 12.9. The van der Waals surface area contributed by atoms with Crippen LogP contribution in [0.3, 0.4) is 0 Å². The summed E-state index contributed by atoms with van der Waals surface area (Å²) in [5, 5.41) is 17.5. The van der Waals surface area contributed by atoms with E-state index in [-0.39, 0.29) is 0 Å². The van der Waals surface area contributed by atoms with Gasteiger partial charge in [0.1, 0.15) is 11.2 Å². The van der Waals surface area contributed by atoms with Crippen LogP contribution in [-0.2, 0) is 0 Å². The predicted molar refractivity (Wildman–Crippen MR) is 201 cm³/mol. The van der Waals surface area contributed by atoms with Crippen LogP contribution in [0.5, 0.6) is 0 Å². The second-order valence-electron chi connectivity index (χ2n) is 12.9. The van der Waals surface area contributed by atoms with Gasteiger partial charge in [-0.15, -0.1) is 0 Å². The molecule has 0 aliphatic rings. The predicted octanol–water partition coefficient (Wildman–Crippen LogP) is 13.3. The molecule has 0 fully saturated rings. The summed E-state index contributed by atoms with van der Waals surface area (Å²) in [6.07, 6.45) is 0. The van der Waals surface area contributed by atoms with Gasteiger partial charge in [-0.25, -0.2) is 0 Å². The zero-order chi connectivity index (χ0) is 30.6. The minimum absolute atomic E-state index is 0.909. The Hall–Kier alpha value is -6.18. The molecule has 1 nitrogen and oxygen atoms in total. The molecule has 47 heavy (non-hydrogen) atoms. The van der Waals surface area contributed by atoms with Crippen LogP contribution in [0.1, 0.15) is 0 Å². The summed E-state index contributed by atoms with van der Waals surface area (Å²) in [4.78, 5) is 0. The molecule has 0 saturated heterocycles. The number of rotatable bonds is 2. The van der Waals surface area contributed by atoms with E-state index in [9.17, 15) is 0 Å². The summed E-state index contributed by atoms with van der Waals surface area (Å²) < 4.78 is 6.77.